The van der Waals surface area contributed by atoms with Gasteiger partial charge in [-0.1, -0.05) is 45.4 Å². The first-order valence-corrected chi connectivity index (χ1v) is 9.68. The van der Waals surface area contributed by atoms with Crippen molar-refractivity contribution in [2.24, 2.45) is 0 Å². The fourth-order valence-electron chi connectivity index (χ4n) is 3.59. The summed E-state index contributed by atoms with van der Waals surface area (Å²) in [6, 6.07) is 10.1. The highest BCUT2D eigenvalue weighted by atomic mass is 16.2. The Morgan fingerprint density at radius 1 is 1.12 bits per heavy atom. The highest BCUT2D eigenvalue weighted by Gasteiger charge is 2.30. The zero-order valence-electron chi connectivity index (χ0n) is 16.4. The van der Waals surface area contributed by atoms with Gasteiger partial charge >= 0.3 is 0 Å². The van der Waals surface area contributed by atoms with Crippen molar-refractivity contribution in [2.45, 2.75) is 39.5 Å². The minimum absolute atomic E-state index is 0.146. The summed E-state index contributed by atoms with van der Waals surface area (Å²) in [4.78, 5) is 17.7. The number of hydrogen-bond donors (Lipinski definition) is 0. The van der Waals surface area contributed by atoms with Crippen molar-refractivity contribution in [1.29, 1.82) is 0 Å². The van der Waals surface area contributed by atoms with E-state index < -0.39 is 0 Å². The largest absolute Gasteiger partial charge is 0.336 e. The molecule has 0 N–H and O–H groups in total. The van der Waals surface area contributed by atoms with Crippen molar-refractivity contribution >= 4 is 5.91 Å². The molecule has 0 unspecified atom stereocenters. The molecule has 1 amide bonds. The molecule has 0 saturated carbocycles. The lowest BCUT2D eigenvalue weighted by atomic mass is 10.00. The van der Waals surface area contributed by atoms with Crippen molar-refractivity contribution in [1.82, 2.24) is 19.6 Å². The summed E-state index contributed by atoms with van der Waals surface area (Å²) in [6.45, 7) is 9.86. The molecule has 1 saturated heterocycles. The second-order valence-electron chi connectivity index (χ2n) is 7.45. The highest BCUT2D eigenvalue weighted by Crippen LogP contribution is 2.28. The molecule has 1 aromatic heterocycles. The van der Waals surface area contributed by atoms with Gasteiger partial charge in [0.05, 0.1) is 22.6 Å². The van der Waals surface area contributed by atoms with Crippen molar-refractivity contribution in [3.63, 3.8) is 0 Å². The third-order valence-corrected chi connectivity index (χ3v) is 5.03. The van der Waals surface area contributed by atoms with Crippen molar-refractivity contribution in [3.05, 3.63) is 47.3 Å². The zero-order chi connectivity index (χ0) is 18.7. The van der Waals surface area contributed by atoms with E-state index in [2.05, 4.69) is 44.9 Å². The number of piperazine rings is 1. The summed E-state index contributed by atoms with van der Waals surface area (Å²) in [5.41, 5.74) is 3.81. The maximum absolute atomic E-state index is 13.4. The third kappa shape index (κ3) is 3.68. The van der Waals surface area contributed by atoms with Gasteiger partial charge in [-0.3, -0.25) is 4.79 Å². The standard InChI is InChI=1S/C21H30N4O/c1-5-9-18-19(21(26)24-14-12-23(4)13-15-24)20(16(2)3)25(22-18)17-10-7-6-8-11-17/h6-8,10-11,16H,5,9,12-15H2,1-4H3. The molecular formula is C21H30N4O. The topological polar surface area (TPSA) is 41.4 Å². The predicted octanol–water partition coefficient (Wildman–Crippen LogP) is 3.34. The summed E-state index contributed by atoms with van der Waals surface area (Å²) in [5, 5.41) is 4.88. The molecule has 0 spiro atoms. The van der Waals surface area contributed by atoms with Crippen LogP contribution in [-0.4, -0.2) is 58.7 Å². The Morgan fingerprint density at radius 2 is 1.77 bits per heavy atom. The van der Waals surface area contributed by atoms with Crippen LogP contribution in [0.1, 0.15) is 54.9 Å². The monoisotopic (exact) mass is 354 g/mol. The Bertz CT molecular complexity index is 743. The third-order valence-electron chi connectivity index (χ3n) is 5.03. The lowest BCUT2D eigenvalue weighted by Gasteiger charge is -2.32. The SMILES string of the molecule is CCCc1nn(-c2ccccc2)c(C(C)C)c1C(=O)N1CCN(C)CC1. The number of aryl methyl sites for hydroxylation is 1. The number of amides is 1. The molecular weight excluding hydrogens is 324 g/mol. The van der Waals surface area contributed by atoms with Crippen LogP contribution in [0.25, 0.3) is 5.69 Å². The van der Waals surface area contributed by atoms with E-state index >= 15 is 0 Å². The Kier molecular flexibility index (Phi) is 5.77. The maximum atomic E-state index is 13.4. The number of nitrogens with zero attached hydrogens (tertiary/aromatic N) is 4. The summed E-state index contributed by atoms with van der Waals surface area (Å²) in [7, 11) is 2.11. The molecule has 1 aliphatic rings. The van der Waals surface area contributed by atoms with Gasteiger partial charge in [-0.15, -0.1) is 0 Å². The van der Waals surface area contributed by atoms with Crippen LogP contribution in [0, 0.1) is 0 Å². The first-order chi connectivity index (χ1) is 12.5. The molecule has 1 aliphatic heterocycles. The van der Waals surface area contributed by atoms with Crippen LogP contribution in [0.3, 0.4) is 0 Å². The average Bonchev–Trinajstić information content (AvgIpc) is 3.02. The van der Waals surface area contributed by atoms with E-state index in [1.54, 1.807) is 0 Å². The second kappa shape index (κ2) is 8.04. The van der Waals surface area contributed by atoms with E-state index in [4.69, 9.17) is 5.10 Å². The van der Waals surface area contributed by atoms with Crippen molar-refractivity contribution in [2.75, 3.05) is 33.2 Å². The molecule has 2 heterocycles. The van der Waals surface area contributed by atoms with Crippen LogP contribution >= 0.6 is 0 Å². The van der Waals surface area contributed by atoms with E-state index in [1.165, 1.54) is 0 Å². The van der Waals surface area contributed by atoms with E-state index in [0.717, 1.165) is 61.7 Å². The normalized spacial score (nSPS) is 15.7. The number of carbonyl (C=O) groups excluding carboxylic acids is 1. The lowest BCUT2D eigenvalue weighted by Crippen LogP contribution is -2.47. The number of likely N-dealkylation sites (N-methyl/N-ethyl adjacent to an activating group) is 1. The summed E-state index contributed by atoms with van der Waals surface area (Å²) in [6.07, 6.45) is 1.81. The van der Waals surface area contributed by atoms with Gasteiger partial charge in [-0.25, -0.2) is 4.68 Å². The lowest BCUT2D eigenvalue weighted by molar-refractivity contribution is 0.0661. The van der Waals surface area contributed by atoms with E-state index in [0.29, 0.717) is 0 Å². The number of para-hydroxylation sites is 1. The molecule has 0 aliphatic carbocycles. The molecule has 1 aromatic carbocycles. The predicted molar refractivity (Wildman–Crippen MR) is 105 cm³/mol. The molecule has 0 atom stereocenters. The minimum Gasteiger partial charge on any atom is -0.336 e. The van der Waals surface area contributed by atoms with Crippen molar-refractivity contribution < 1.29 is 4.79 Å². The van der Waals surface area contributed by atoms with Crippen LogP contribution in [0.5, 0.6) is 0 Å². The number of rotatable bonds is 5. The highest BCUT2D eigenvalue weighted by molar-refractivity contribution is 5.97. The van der Waals surface area contributed by atoms with Gasteiger partial charge in [0.25, 0.3) is 5.91 Å². The van der Waals surface area contributed by atoms with E-state index in [1.807, 2.05) is 27.8 Å². The van der Waals surface area contributed by atoms with Gasteiger partial charge in [0.2, 0.25) is 0 Å². The number of benzene rings is 1. The fraction of sp³-hybridized carbons (Fsp3) is 0.524. The second-order valence-corrected chi connectivity index (χ2v) is 7.45. The Hall–Kier alpha value is -2.14. The first-order valence-electron chi connectivity index (χ1n) is 9.68. The molecule has 5 heteroatoms. The van der Waals surface area contributed by atoms with Crippen LogP contribution in [0.2, 0.25) is 0 Å². The summed E-state index contributed by atoms with van der Waals surface area (Å²) >= 11 is 0. The molecule has 5 nitrogen and oxygen atoms in total. The maximum Gasteiger partial charge on any atom is 0.257 e. The van der Waals surface area contributed by atoms with Crippen LogP contribution < -0.4 is 0 Å². The molecule has 0 bridgehead atoms. The van der Waals surface area contributed by atoms with Crippen LogP contribution in [0.15, 0.2) is 30.3 Å². The van der Waals surface area contributed by atoms with Gasteiger partial charge in [-0.2, -0.15) is 5.10 Å². The van der Waals surface area contributed by atoms with Gasteiger partial charge in [-0.05, 0) is 31.5 Å². The van der Waals surface area contributed by atoms with Crippen LogP contribution in [0.4, 0.5) is 0 Å². The number of aromatic nitrogens is 2. The number of carbonyl (C=O) groups is 1. The summed E-state index contributed by atoms with van der Waals surface area (Å²) < 4.78 is 1.99. The molecule has 1 fully saturated rings. The Labute approximate surface area is 156 Å². The van der Waals surface area contributed by atoms with Crippen LogP contribution in [-0.2, 0) is 6.42 Å². The minimum atomic E-state index is 0.146. The van der Waals surface area contributed by atoms with Gasteiger partial charge in [0.15, 0.2) is 0 Å². The first kappa shape index (κ1) is 18.6. The molecule has 3 rings (SSSR count). The smallest absolute Gasteiger partial charge is 0.257 e. The van der Waals surface area contributed by atoms with Gasteiger partial charge < -0.3 is 9.80 Å². The Morgan fingerprint density at radius 3 is 2.35 bits per heavy atom. The van der Waals surface area contributed by atoms with Gasteiger partial charge in [0, 0.05) is 26.2 Å². The molecule has 140 valence electrons. The average molecular weight is 354 g/mol. The molecule has 2 aromatic rings. The summed E-state index contributed by atoms with van der Waals surface area (Å²) in [5.74, 6) is 0.368. The molecule has 26 heavy (non-hydrogen) atoms. The van der Waals surface area contributed by atoms with E-state index in [9.17, 15) is 4.79 Å². The fourth-order valence-corrected chi connectivity index (χ4v) is 3.59. The zero-order valence-corrected chi connectivity index (χ0v) is 16.4. The quantitative estimate of drug-likeness (QED) is 0.827. The van der Waals surface area contributed by atoms with Gasteiger partial charge in [0.1, 0.15) is 0 Å². The van der Waals surface area contributed by atoms with E-state index in [-0.39, 0.29) is 11.8 Å². The Balaban J connectivity index is 2.07. The van der Waals surface area contributed by atoms with Crippen molar-refractivity contribution in [3.8, 4) is 5.69 Å². The molecule has 0 radical (unpaired) electrons. The number of hydrogen-bond acceptors (Lipinski definition) is 3.